The van der Waals surface area contributed by atoms with Crippen LogP contribution in [0.5, 0.6) is 0 Å². The average molecular weight is 1260 g/mol. The highest BCUT2D eigenvalue weighted by Gasteiger charge is 2.44. The minimum Gasteiger partial charge on any atom is -0.394 e. The fraction of sp³-hybridized carbons (Fsp3) is 0.716. The van der Waals surface area contributed by atoms with Crippen molar-refractivity contribution in [3.63, 3.8) is 0 Å². The average Bonchev–Trinajstić information content (AvgIpc) is 1.28. The zero-order valence-electron chi connectivity index (χ0n) is 57.9. The van der Waals surface area contributed by atoms with Crippen LogP contribution in [0.2, 0.25) is 0 Å². The Morgan fingerprint density at radius 1 is 0.389 bits per heavy atom. The summed E-state index contributed by atoms with van der Waals surface area (Å²) >= 11 is 0. The second-order valence-electron chi connectivity index (χ2n) is 25.3. The molecule has 0 bridgehead atoms. The standard InChI is InChI=1S/C81H139NO8/c1-3-5-7-9-11-13-15-17-19-21-23-25-27-29-31-33-35-37-38-39-41-43-45-47-49-51-53-55-57-59-61-63-65-67-69-71-77(85)82-74(73-89-81-80(88)79(87)78(86)76(72-83)90-81)75(84)70-68-66-64-62-60-58-56-54-52-50-48-46-44-42-40-36-34-32-30-28-26-24-22-20-18-16-14-12-10-8-6-4-2/h5,7,11,13,17,19,23,25,29,31,35,37,39,41,45,47,52,54,60,62,68,70,74-76,78-81,83-84,86-88H,3-4,6,8-10,12,14-16,18,20-22,24,26-28,30,32-34,36,38,40,42-44,46,48-51,53,55-59,61,63-67,69,71-73H2,1-2H3,(H,82,85)/b7-5-,13-11-,19-17-,25-23-,31-29-,37-35-,41-39-,47-45-,54-52+,62-60+,70-68+. The number of aliphatic hydroxyl groups is 5. The van der Waals surface area contributed by atoms with E-state index >= 15 is 0 Å². The third kappa shape index (κ3) is 55.9. The van der Waals surface area contributed by atoms with Crippen molar-refractivity contribution in [3.8, 4) is 0 Å². The Kier molecular flexibility index (Phi) is 63.9. The van der Waals surface area contributed by atoms with Gasteiger partial charge in [-0.2, -0.15) is 0 Å². The van der Waals surface area contributed by atoms with Crippen LogP contribution in [0.4, 0.5) is 0 Å². The highest BCUT2D eigenvalue weighted by molar-refractivity contribution is 5.76. The summed E-state index contributed by atoms with van der Waals surface area (Å²) in [5.41, 5.74) is 0. The number of rotatable bonds is 64. The van der Waals surface area contributed by atoms with Crippen molar-refractivity contribution in [2.75, 3.05) is 13.2 Å². The van der Waals surface area contributed by atoms with Gasteiger partial charge >= 0.3 is 0 Å². The third-order valence-electron chi connectivity index (χ3n) is 16.9. The number of allylic oxidation sites excluding steroid dienone is 21. The number of aliphatic hydroxyl groups excluding tert-OH is 5. The van der Waals surface area contributed by atoms with Crippen LogP contribution in [0.25, 0.3) is 0 Å². The molecule has 90 heavy (non-hydrogen) atoms. The topological polar surface area (TPSA) is 149 Å². The van der Waals surface area contributed by atoms with Crippen LogP contribution in [-0.2, 0) is 14.3 Å². The van der Waals surface area contributed by atoms with Gasteiger partial charge in [-0.15, -0.1) is 0 Å². The lowest BCUT2D eigenvalue weighted by Gasteiger charge is -2.40. The third-order valence-corrected chi connectivity index (χ3v) is 16.9. The van der Waals surface area contributed by atoms with Crippen LogP contribution < -0.4 is 5.32 Å². The van der Waals surface area contributed by atoms with Gasteiger partial charge in [0.15, 0.2) is 6.29 Å². The number of ether oxygens (including phenoxy) is 2. The molecule has 1 rings (SSSR count). The first-order valence-corrected chi connectivity index (χ1v) is 37.4. The van der Waals surface area contributed by atoms with Gasteiger partial charge in [0.05, 0.1) is 25.4 Å². The lowest BCUT2D eigenvalue weighted by atomic mass is 9.99. The number of unbranched alkanes of at least 4 members (excludes halogenated alkanes) is 34. The van der Waals surface area contributed by atoms with Crippen molar-refractivity contribution in [1.29, 1.82) is 0 Å². The van der Waals surface area contributed by atoms with Gasteiger partial charge in [-0.05, 0) is 109 Å². The molecule has 0 saturated carbocycles. The molecule has 516 valence electrons. The summed E-state index contributed by atoms with van der Waals surface area (Å²) in [7, 11) is 0. The van der Waals surface area contributed by atoms with Gasteiger partial charge in [-0.25, -0.2) is 0 Å². The molecule has 1 aliphatic heterocycles. The Labute approximate surface area is 553 Å². The molecule has 7 atom stereocenters. The quantitative estimate of drug-likeness (QED) is 0.0261. The van der Waals surface area contributed by atoms with Gasteiger partial charge in [-0.3, -0.25) is 4.79 Å². The largest absolute Gasteiger partial charge is 0.394 e. The SMILES string of the molecule is CC/C=C\C/C=C\C/C=C\C/C=C\C/C=C\C/C=C\C/C=C\C/C=C\CCCCCCCCCCCCC(=O)NC(COC1OC(CO)C(O)C(O)C1O)C(O)/C=C/CC/C=C/CC/C=C/CCCCCCCCCCCCCCCCCCCCCCCC. The fourth-order valence-electron chi connectivity index (χ4n) is 11.1. The number of carbonyl (C=O) groups is 1. The van der Waals surface area contributed by atoms with Crippen molar-refractivity contribution >= 4 is 5.91 Å². The lowest BCUT2D eigenvalue weighted by molar-refractivity contribution is -0.302. The minimum absolute atomic E-state index is 0.198. The normalized spacial score (nSPS) is 18.6. The molecular weight excluding hydrogens is 1110 g/mol. The molecule has 0 radical (unpaired) electrons. The molecule has 6 N–H and O–H groups in total. The van der Waals surface area contributed by atoms with Crippen LogP contribution in [0, 0.1) is 0 Å². The molecule has 0 aromatic carbocycles. The summed E-state index contributed by atoms with van der Waals surface area (Å²) in [6.45, 7) is 3.67. The van der Waals surface area contributed by atoms with E-state index < -0.39 is 49.5 Å². The first kappa shape index (κ1) is 84.3. The highest BCUT2D eigenvalue weighted by atomic mass is 16.7. The van der Waals surface area contributed by atoms with E-state index in [9.17, 15) is 30.3 Å². The zero-order valence-corrected chi connectivity index (χ0v) is 57.9. The van der Waals surface area contributed by atoms with E-state index in [1.807, 2.05) is 6.08 Å². The predicted molar refractivity (Wildman–Crippen MR) is 387 cm³/mol. The predicted octanol–water partition coefficient (Wildman–Crippen LogP) is 21.1. The van der Waals surface area contributed by atoms with E-state index in [1.165, 1.54) is 186 Å². The van der Waals surface area contributed by atoms with Gasteiger partial charge in [0, 0.05) is 6.42 Å². The molecule has 1 heterocycles. The number of hydrogen-bond donors (Lipinski definition) is 6. The summed E-state index contributed by atoms with van der Waals surface area (Å²) in [4.78, 5) is 13.1. The number of nitrogens with one attached hydrogen (secondary N) is 1. The van der Waals surface area contributed by atoms with Crippen LogP contribution in [0.1, 0.15) is 316 Å². The van der Waals surface area contributed by atoms with Crippen molar-refractivity contribution in [2.24, 2.45) is 0 Å². The van der Waals surface area contributed by atoms with Gasteiger partial charge in [0.1, 0.15) is 24.4 Å². The summed E-state index contributed by atoms with van der Waals surface area (Å²) < 4.78 is 11.3. The smallest absolute Gasteiger partial charge is 0.220 e. The monoisotopic (exact) mass is 1250 g/mol. The Hall–Kier alpha value is -3.67. The van der Waals surface area contributed by atoms with Crippen molar-refractivity contribution in [1.82, 2.24) is 5.32 Å². The summed E-state index contributed by atoms with van der Waals surface area (Å²) in [6, 6.07) is -0.842. The lowest BCUT2D eigenvalue weighted by Crippen LogP contribution is -2.60. The van der Waals surface area contributed by atoms with E-state index in [-0.39, 0.29) is 12.5 Å². The first-order valence-electron chi connectivity index (χ1n) is 37.4. The van der Waals surface area contributed by atoms with Crippen LogP contribution in [0.15, 0.2) is 134 Å². The molecule has 0 aliphatic carbocycles. The van der Waals surface area contributed by atoms with Gasteiger partial charge < -0.3 is 40.3 Å². The van der Waals surface area contributed by atoms with Gasteiger partial charge in [0.2, 0.25) is 5.91 Å². The van der Waals surface area contributed by atoms with E-state index in [2.05, 4.69) is 141 Å². The second kappa shape index (κ2) is 68.2. The van der Waals surface area contributed by atoms with Gasteiger partial charge in [-0.1, -0.05) is 334 Å². The highest BCUT2D eigenvalue weighted by Crippen LogP contribution is 2.23. The van der Waals surface area contributed by atoms with Crippen molar-refractivity contribution in [3.05, 3.63) is 134 Å². The molecule has 0 aromatic rings. The molecule has 0 aromatic heterocycles. The van der Waals surface area contributed by atoms with E-state index in [4.69, 9.17) is 9.47 Å². The Morgan fingerprint density at radius 3 is 1.07 bits per heavy atom. The van der Waals surface area contributed by atoms with Crippen LogP contribution in [-0.4, -0.2) is 87.5 Å². The number of carbonyl (C=O) groups excluding carboxylic acids is 1. The van der Waals surface area contributed by atoms with Gasteiger partial charge in [0.25, 0.3) is 0 Å². The van der Waals surface area contributed by atoms with Crippen LogP contribution in [0.3, 0.4) is 0 Å². The maximum Gasteiger partial charge on any atom is 0.220 e. The van der Waals surface area contributed by atoms with E-state index in [1.54, 1.807) is 6.08 Å². The van der Waals surface area contributed by atoms with Crippen molar-refractivity contribution < 1.29 is 39.8 Å². The molecule has 1 amide bonds. The van der Waals surface area contributed by atoms with Crippen molar-refractivity contribution in [2.45, 2.75) is 358 Å². The molecule has 7 unspecified atom stereocenters. The van der Waals surface area contributed by atoms with Crippen LogP contribution >= 0.6 is 0 Å². The fourth-order valence-corrected chi connectivity index (χ4v) is 11.1. The molecule has 1 fully saturated rings. The molecule has 9 nitrogen and oxygen atoms in total. The number of amides is 1. The summed E-state index contributed by atoms with van der Waals surface area (Å²) in [5.74, 6) is -0.198. The maximum atomic E-state index is 13.1. The molecule has 9 heteroatoms. The molecule has 0 spiro atoms. The summed E-state index contributed by atoms with van der Waals surface area (Å²) in [5, 5.41) is 54.8. The maximum absolute atomic E-state index is 13.1. The van der Waals surface area contributed by atoms with E-state index in [0.29, 0.717) is 6.42 Å². The Morgan fingerprint density at radius 2 is 0.700 bits per heavy atom. The van der Waals surface area contributed by atoms with E-state index in [0.717, 1.165) is 109 Å². The zero-order chi connectivity index (χ0) is 64.9. The number of hydrogen-bond acceptors (Lipinski definition) is 8. The molecule has 1 aliphatic rings. The second-order valence-corrected chi connectivity index (χ2v) is 25.3. The minimum atomic E-state index is -1.58. The molecular formula is C81H139NO8. The molecule has 1 saturated heterocycles. The Balaban J connectivity index is 2.17. The Bertz CT molecular complexity index is 1890. The summed E-state index contributed by atoms with van der Waals surface area (Å²) in [6.07, 6.45) is 97.1. The first-order chi connectivity index (χ1) is 44.3.